The third-order valence-electron chi connectivity index (χ3n) is 3.36. The van der Waals surface area contributed by atoms with E-state index in [9.17, 15) is 4.79 Å². The number of amides is 1. The number of nitrogens with one attached hydrogen (secondary N) is 1. The molecule has 3 nitrogen and oxygen atoms in total. The van der Waals surface area contributed by atoms with Crippen LogP contribution in [0.3, 0.4) is 0 Å². The molecule has 0 saturated carbocycles. The van der Waals surface area contributed by atoms with Crippen molar-refractivity contribution in [3.63, 3.8) is 0 Å². The van der Waals surface area contributed by atoms with Crippen LogP contribution in [-0.4, -0.2) is 29.9 Å². The van der Waals surface area contributed by atoms with Crippen LogP contribution in [0.5, 0.6) is 0 Å². The smallest absolute Gasteiger partial charge is 0.244 e. The number of anilines is 1. The van der Waals surface area contributed by atoms with Crippen LogP contribution in [0.25, 0.3) is 0 Å². The van der Waals surface area contributed by atoms with E-state index in [-0.39, 0.29) is 11.9 Å². The highest BCUT2D eigenvalue weighted by molar-refractivity contribution is 9.10. The Morgan fingerprint density at radius 1 is 1.37 bits per heavy atom. The Balaban J connectivity index is 2.01. The van der Waals surface area contributed by atoms with Gasteiger partial charge in [-0.25, -0.2) is 0 Å². The summed E-state index contributed by atoms with van der Waals surface area (Å²) >= 11 is 9.48. The molecule has 1 unspecified atom stereocenters. The number of hydrogen-bond acceptors (Lipinski definition) is 2. The molecule has 0 bridgehead atoms. The summed E-state index contributed by atoms with van der Waals surface area (Å²) in [6.07, 6.45) is 3.45. The minimum atomic E-state index is -0.243. The van der Waals surface area contributed by atoms with E-state index in [2.05, 4.69) is 21.2 Å². The van der Waals surface area contributed by atoms with Crippen molar-refractivity contribution in [2.75, 3.05) is 18.4 Å². The predicted octanol–water partition coefficient (Wildman–Crippen LogP) is 3.92. The van der Waals surface area contributed by atoms with Crippen LogP contribution in [0.4, 0.5) is 5.69 Å². The van der Waals surface area contributed by atoms with Crippen LogP contribution in [-0.2, 0) is 4.79 Å². The van der Waals surface area contributed by atoms with Gasteiger partial charge in [-0.2, -0.15) is 0 Å². The van der Waals surface area contributed by atoms with Gasteiger partial charge in [-0.05, 0) is 54.2 Å². The van der Waals surface area contributed by atoms with E-state index in [1.807, 2.05) is 30.0 Å². The fraction of sp³-hybridized carbons (Fsp3) is 0.500. The molecule has 2 rings (SSSR count). The highest BCUT2D eigenvalue weighted by Crippen LogP contribution is 2.30. The Morgan fingerprint density at radius 3 is 2.74 bits per heavy atom. The van der Waals surface area contributed by atoms with E-state index < -0.39 is 0 Å². The first-order chi connectivity index (χ1) is 9.09. The number of likely N-dealkylation sites (tertiary alicyclic amines) is 1. The Bertz CT molecular complexity index is 461. The van der Waals surface area contributed by atoms with Crippen LogP contribution in [0.2, 0.25) is 5.02 Å². The maximum absolute atomic E-state index is 12.3. The summed E-state index contributed by atoms with van der Waals surface area (Å²) in [7, 11) is 0. The summed E-state index contributed by atoms with van der Waals surface area (Å²) in [4.78, 5) is 14.3. The Morgan fingerprint density at radius 2 is 2.05 bits per heavy atom. The highest BCUT2D eigenvalue weighted by Gasteiger charge is 2.22. The summed E-state index contributed by atoms with van der Waals surface area (Å²) in [6.45, 7) is 3.65. The number of benzene rings is 1. The van der Waals surface area contributed by atoms with Gasteiger partial charge in [-0.1, -0.05) is 17.7 Å². The van der Waals surface area contributed by atoms with E-state index in [0.29, 0.717) is 5.02 Å². The molecule has 0 aromatic heterocycles. The molecule has 5 heteroatoms. The zero-order valence-corrected chi connectivity index (χ0v) is 13.3. The van der Waals surface area contributed by atoms with Crippen molar-refractivity contribution in [1.29, 1.82) is 0 Å². The standard InChI is InChI=1S/C14H18BrClN2O/c1-10(14(19)18-8-3-2-4-9-18)17-12-7-5-6-11(16)13(12)15/h5-7,10,17H,2-4,8-9H2,1H3. The second-order valence-electron chi connectivity index (χ2n) is 4.85. The third kappa shape index (κ3) is 3.63. The topological polar surface area (TPSA) is 32.3 Å². The lowest BCUT2D eigenvalue weighted by atomic mass is 10.1. The molecule has 1 aromatic rings. The maximum atomic E-state index is 12.3. The summed E-state index contributed by atoms with van der Waals surface area (Å²) < 4.78 is 0.801. The lowest BCUT2D eigenvalue weighted by Crippen LogP contribution is -2.43. The normalized spacial score (nSPS) is 17.1. The molecule has 1 aliphatic heterocycles. The van der Waals surface area contributed by atoms with E-state index in [1.54, 1.807) is 0 Å². The predicted molar refractivity (Wildman–Crippen MR) is 82.7 cm³/mol. The molecule has 104 valence electrons. The molecule has 1 fully saturated rings. The van der Waals surface area contributed by atoms with Crippen molar-refractivity contribution in [1.82, 2.24) is 4.90 Å². The summed E-state index contributed by atoms with van der Waals surface area (Å²) in [5.41, 5.74) is 0.852. The molecular weight excluding hydrogens is 328 g/mol. The second-order valence-corrected chi connectivity index (χ2v) is 6.05. The summed E-state index contributed by atoms with van der Waals surface area (Å²) in [5, 5.41) is 3.87. The first-order valence-electron chi connectivity index (χ1n) is 6.59. The second kappa shape index (κ2) is 6.62. The van der Waals surface area contributed by atoms with Gasteiger partial charge >= 0.3 is 0 Å². The average Bonchev–Trinajstić information content (AvgIpc) is 2.44. The Hall–Kier alpha value is -0.740. The molecule has 1 saturated heterocycles. The molecule has 1 aliphatic rings. The van der Waals surface area contributed by atoms with Gasteiger partial charge in [0, 0.05) is 13.1 Å². The molecule has 1 N–H and O–H groups in total. The first-order valence-corrected chi connectivity index (χ1v) is 7.76. The summed E-state index contributed by atoms with van der Waals surface area (Å²) in [5.74, 6) is 0.159. The fourth-order valence-electron chi connectivity index (χ4n) is 2.30. The van der Waals surface area contributed by atoms with Crippen molar-refractivity contribution in [2.45, 2.75) is 32.2 Å². The molecule has 0 radical (unpaired) electrons. The van der Waals surface area contributed by atoms with Crippen molar-refractivity contribution >= 4 is 39.1 Å². The van der Waals surface area contributed by atoms with Crippen molar-refractivity contribution in [2.24, 2.45) is 0 Å². The Labute approximate surface area is 127 Å². The number of carbonyl (C=O) groups excluding carboxylic acids is 1. The van der Waals surface area contributed by atoms with Gasteiger partial charge in [-0.3, -0.25) is 4.79 Å². The van der Waals surface area contributed by atoms with Gasteiger partial charge < -0.3 is 10.2 Å². The SMILES string of the molecule is CC(Nc1cccc(Cl)c1Br)C(=O)N1CCCCC1. The number of halogens is 2. The van der Waals surface area contributed by atoms with Crippen LogP contribution in [0.1, 0.15) is 26.2 Å². The van der Waals surface area contributed by atoms with Gasteiger partial charge in [0.2, 0.25) is 5.91 Å². The maximum Gasteiger partial charge on any atom is 0.244 e. The number of carbonyl (C=O) groups is 1. The lowest BCUT2D eigenvalue weighted by molar-refractivity contribution is -0.132. The van der Waals surface area contributed by atoms with Gasteiger partial charge in [0.05, 0.1) is 15.2 Å². The van der Waals surface area contributed by atoms with Gasteiger partial charge in [0.25, 0.3) is 0 Å². The number of rotatable bonds is 3. The quantitative estimate of drug-likeness (QED) is 0.900. The monoisotopic (exact) mass is 344 g/mol. The minimum Gasteiger partial charge on any atom is -0.373 e. The van der Waals surface area contributed by atoms with Gasteiger partial charge in [-0.15, -0.1) is 0 Å². The van der Waals surface area contributed by atoms with E-state index in [1.165, 1.54) is 6.42 Å². The van der Waals surface area contributed by atoms with E-state index in [0.717, 1.165) is 36.1 Å². The molecule has 1 atom stereocenters. The zero-order valence-electron chi connectivity index (χ0n) is 11.0. The zero-order chi connectivity index (χ0) is 13.8. The van der Waals surface area contributed by atoms with Crippen LogP contribution in [0.15, 0.2) is 22.7 Å². The first kappa shape index (κ1) is 14.7. The number of piperidine rings is 1. The molecule has 1 heterocycles. The van der Waals surface area contributed by atoms with Gasteiger partial charge in [0.1, 0.15) is 6.04 Å². The van der Waals surface area contributed by atoms with Crippen LogP contribution >= 0.6 is 27.5 Å². The number of nitrogens with zero attached hydrogens (tertiary/aromatic N) is 1. The molecule has 1 aromatic carbocycles. The molecule has 1 amide bonds. The summed E-state index contributed by atoms with van der Waals surface area (Å²) in [6, 6.07) is 5.35. The molecule has 19 heavy (non-hydrogen) atoms. The highest BCUT2D eigenvalue weighted by atomic mass is 79.9. The van der Waals surface area contributed by atoms with Crippen LogP contribution in [0, 0.1) is 0 Å². The van der Waals surface area contributed by atoms with Gasteiger partial charge in [0.15, 0.2) is 0 Å². The molecule has 0 aliphatic carbocycles. The Kier molecular flexibility index (Phi) is 5.11. The average molecular weight is 346 g/mol. The molecule has 0 spiro atoms. The van der Waals surface area contributed by atoms with E-state index >= 15 is 0 Å². The third-order valence-corrected chi connectivity index (χ3v) is 4.76. The van der Waals surface area contributed by atoms with Crippen molar-refractivity contribution in [3.05, 3.63) is 27.7 Å². The van der Waals surface area contributed by atoms with E-state index in [4.69, 9.17) is 11.6 Å². The largest absolute Gasteiger partial charge is 0.373 e. The minimum absolute atomic E-state index is 0.159. The number of hydrogen-bond donors (Lipinski definition) is 1. The van der Waals surface area contributed by atoms with Crippen molar-refractivity contribution in [3.8, 4) is 0 Å². The van der Waals surface area contributed by atoms with Crippen molar-refractivity contribution < 1.29 is 4.79 Å². The fourth-order valence-corrected chi connectivity index (χ4v) is 2.85. The van der Waals surface area contributed by atoms with Crippen LogP contribution < -0.4 is 5.32 Å². The lowest BCUT2D eigenvalue weighted by Gasteiger charge is -2.30. The molecular formula is C14H18BrClN2O.